The molecule has 0 radical (unpaired) electrons. The lowest BCUT2D eigenvalue weighted by molar-refractivity contribution is -0.121. The Balaban J connectivity index is 1.51. The number of nitrogens with zero attached hydrogens (tertiary/aromatic N) is 3. The minimum absolute atomic E-state index is 0.177. The van der Waals surface area contributed by atoms with Crippen LogP contribution in [0.4, 0.5) is 0 Å². The van der Waals surface area contributed by atoms with E-state index in [1.165, 1.54) is 0 Å². The summed E-state index contributed by atoms with van der Waals surface area (Å²) in [5.41, 5.74) is 8.37. The van der Waals surface area contributed by atoms with Gasteiger partial charge in [0.05, 0.1) is 17.8 Å². The zero-order valence-corrected chi connectivity index (χ0v) is 12.9. The van der Waals surface area contributed by atoms with Crippen LogP contribution in [0.2, 0.25) is 0 Å². The molecule has 0 saturated heterocycles. The van der Waals surface area contributed by atoms with E-state index in [1.807, 2.05) is 24.3 Å². The molecule has 7 nitrogen and oxygen atoms in total. The van der Waals surface area contributed by atoms with E-state index in [-0.39, 0.29) is 18.1 Å². The molecule has 1 heterocycles. The molecule has 122 valence electrons. The Bertz CT molecular complexity index is 870. The van der Waals surface area contributed by atoms with Crippen molar-refractivity contribution in [2.75, 3.05) is 0 Å². The van der Waals surface area contributed by atoms with E-state index in [1.54, 1.807) is 28.9 Å². The molecule has 0 fully saturated rings. The zero-order valence-electron chi connectivity index (χ0n) is 12.9. The van der Waals surface area contributed by atoms with E-state index < -0.39 is 0 Å². The van der Waals surface area contributed by atoms with Crippen LogP contribution in [-0.2, 0) is 11.3 Å². The lowest BCUT2D eigenvalue weighted by Gasteiger charge is -2.11. The predicted molar refractivity (Wildman–Crippen MR) is 90.6 cm³/mol. The van der Waals surface area contributed by atoms with Crippen molar-refractivity contribution in [2.24, 2.45) is 0 Å². The number of amides is 1. The number of para-hydroxylation sites is 1. The van der Waals surface area contributed by atoms with Crippen LogP contribution < -0.4 is 10.9 Å². The van der Waals surface area contributed by atoms with Crippen molar-refractivity contribution in [1.29, 1.82) is 0 Å². The number of benzene rings is 2. The monoisotopic (exact) mass is 323 g/mol. The number of nitrogens with one attached hydrogen (secondary N) is 2. The first-order valence-electron chi connectivity index (χ1n) is 7.45. The molecule has 3 rings (SSSR count). The fourth-order valence-corrected chi connectivity index (χ4v) is 2.23. The number of hydrogen-bond acceptors (Lipinski definition) is 5. The van der Waals surface area contributed by atoms with Gasteiger partial charge in [-0.2, -0.15) is 0 Å². The molecule has 0 bridgehead atoms. The van der Waals surface area contributed by atoms with Gasteiger partial charge in [0.2, 0.25) is 5.91 Å². The molecule has 0 aliphatic carbocycles. The molecular formula is C17H17N5O2. The van der Waals surface area contributed by atoms with Gasteiger partial charge in [-0.05, 0) is 42.0 Å². The topological polar surface area (TPSA) is 92.1 Å². The average molecular weight is 323 g/mol. The van der Waals surface area contributed by atoms with Crippen molar-refractivity contribution >= 4 is 22.6 Å². The predicted octanol–water partition coefficient (Wildman–Crippen LogP) is 1.82. The van der Waals surface area contributed by atoms with Crippen molar-refractivity contribution in [2.45, 2.75) is 13.0 Å². The molecule has 0 unspecified atom stereocenters. The number of fused-ring (bicyclic) bond motifs is 1. The number of hydrogen-bond donors (Lipinski definition) is 3. The maximum atomic E-state index is 11.9. The van der Waals surface area contributed by atoms with Crippen LogP contribution >= 0.6 is 0 Å². The summed E-state index contributed by atoms with van der Waals surface area (Å²) in [4.78, 5) is 11.9. The Labute approximate surface area is 138 Å². The summed E-state index contributed by atoms with van der Waals surface area (Å²) in [6.45, 7) is 4.27. The van der Waals surface area contributed by atoms with Gasteiger partial charge in [0.1, 0.15) is 11.3 Å². The third-order valence-electron chi connectivity index (χ3n) is 3.54. The summed E-state index contributed by atoms with van der Waals surface area (Å²) in [7, 11) is 0. The Hall–Kier alpha value is -3.35. The van der Waals surface area contributed by atoms with E-state index >= 15 is 0 Å². The first-order valence-corrected chi connectivity index (χ1v) is 7.45. The summed E-state index contributed by atoms with van der Waals surface area (Å²) in [5.74, 6) is -0.00912. The molecule has 0 spiro atoms. The van der Waals surface area contributed by atoms with Crippen LogP contribution in [0.15, 0.2) is 55.1 Å². The Morgan fingerprint density at radius 1 is 1.12 bits per heavy atom. The van der Waals surface area contributed by atoms with Gasteiger partial charge < -0.3 is 5.11 Å². The highest BCUT2D eigenvalue weighted by molar-refractivity contribution is 5.78. The smallest absolute Gasteiger partial charge is 0.240 e. The summed E-state index contributed by atoms with van der Waals surface area (Å²) in [6, 6.07) is 14.1. The fraction of sp³-hybridized carbons (Fsp3) is 0.118. The normalized spacial score (nSPS) is 10.5. The Morgan fingerprint density at radius 2 is 1.88 bits per heavy atom. The molecule has 0 aliphatic heterocycles. The zero-order chi connectivity index (χ0) is 16.9. The molecule has 7 heteroatoms. The second-order valence-corrected chi connectivity index (χ2v) is 5.25. The second kappa shape index (κ2) is 6.82. The number of aryl methyl sites for hydroxylation is 1. The van der Waals surface area contributed by atoms with Crippen molar-refractivity contribution in [1.82, 2.24) is 25.8 Å². The van der Waals surface area contributed by atoms with E-state index in [0.717, 1.165) is 16.6 Å². The number of carbonyl (C=O) groups excluding carboxylic acids is 1. The first-order chi connectivity index (χ1) is 11.6. The van der Waals surface area contributed by atoms with Crippen LogP contribution in [0.25, 0.3) is 16.7 Å². The minimum atomic E-state index is -0.186. The molecular weight excluding hydrogens is 306 g/mol. The SMILES string of the molecule is C=C(NNC(=O)CCn1nnc2ccccc21)c1ccc(O)cc1. The summed E-state index contributed by atoms with van der Waals surface area (Å²) < 4.78 is 1.70. The van der Waals surface area contributed by atoms with Crippen molar-refractivity contribution < 1.29 is 9.90 Å². The molecule has 1 amide bonds. The van der Waals surface area contributed by atoms with Gasteiger partial charge in [-0.15, -0.1) is 5.10 Å². The van der Waals surface area contributed by atoms with Crippen LogP contribution in [-0.4, -0.2) is 26.0 Å². The lowest BCUT2D eigenvalue weighted by atomic mass is 10.2. The molecule has 0 aliphatic rings. The Morgan fingerprint density at radius 3 is 2.67 bits per heavy atom. The highest BCUT2D eigenvalue weighted by Gasteiger charge is 2.07. The molecule has 24 heavy (non-hydrogen) atoms. The summed E-state index contributed by atoms with van der Waals surface area (Å²) in [6.07, 6.45) is 0.253. The van der Waals surface area contributed by atoms with Gasteiger partial charge in [-0.1, -0.05) is 23.9 Å². The molecule has 2 aromatic carbocycles. The highest BCUT2D eigenvalue weighted by Crippen LogP contribution is 2.14. The lowest BCUT2D eigenvalue weighted by Crippen LogP contribution is -2.36. The van der Waals surface area contributed by atoms with Crippen LogP contribution in [0, 0.1) is 0 Å². The standard InChI is InChI=1S/C17H17N5O2/c1-12(13-6-8-14(23)9-7-13)18-20-17(24)10-11-22-16-5-3-2-4-15(16)19-21-22/h2-9,18,23H,1,10-11H2,(H,20,24). The average Bonchev–Trinajstić information content (AvgIpc) is 3.01. The molecule has 3 aromatic rings. The second-order valence-electron chi connectivity index (χ2n) is 5.25. The molecule has 0 saturated carbocycles. The number of carbonyl (C=O) groups is 1. The number of aromatic hydroxyl groups is 1. The third-order valence-corrected chi connectivity index (χ3v) is 3.54. The van der Waals surface area contributed by atoms with E-state index in [9.17, 15) is 9.90 Å². The van der Waals surface area contributed by atoms with Crippen LogP contribution in [0.5, 0.6) is 5.75 Å². The third kappa shape index (κ3) is 3.52. The van der Waals surface area contributed by atoms with Gasteiger partial charge in [0, 0.05) is 6.42 Å². The molecule has 3 N–H and O–H groups in total. The van der Waals surface area contributed by atoms with Crippen molar-refractivity contribution in [3.05, 3.63) is 60.7 Å². The quantitative estimate of drug-likeness (QED) is 0.602. The molecule has 1 aromatic heterocycles. The van der Waals surface area contributed by atoms with Crippen molar-refractivity contribution in [3.63, 3.8) is 0 Å². The Kier molecular flexibility index (Phi) is 4.42. The van der Waals surface area contributed by atoms with E-state index in [2.05, 4.69) is 27.7 Å². The van der Waals surface area contributed by atoms with Crippen LogP contribution in [0.3, 0.4) is 0 Å². The number of hydrazine groups is 1. The molecule has 0 atom stereocenters. The fourth-order valence-electron chi connectivity index (χ4n) is 2.23. The van der Waals surface area contributed by atoms with Gasteiger partial charge >= 0.3 is 0 Å². The van der Waals surface area contributed by atoms with Gasteiger partial charge in [0.25, 0.3) is 0 Å². The summed E-state index contributed by atoms with van der Waals surface area (Å²) in [5, 5.41) is 17.4. The highest BCUT2D eigenvalue weighted by atomic mass is 16.3. The van der Waals surface area contributed by atoms with E-state index in [4.69, 9.17) is 0 Å². The van der Waals surface area contributed by atoms with Gasteiger partial charge in [0.15, 0.2) is 0 Å². The van der Waals surface area contributed by atoms with Gasteiger partial charge in [-0.25, -0.2) is 4.68 Å². The number of phenolic OH excluding ortho intramolecular Hbond substituents is 1. The van der Waals surface area contributed by atoms with E-state index in [0.29, 0.717) is 12.2 Å². The maximum Gasteiger partial charge on any atom is 0.240 e. The first kappa shape index (κ1) is 15.5. The number of rotatable bonds is 6. The number of phenols is 1. The maximum absolute atomic E-state index is 11.9. The van der Waals surface area contributed by atoms with Crippen molar-refractivity contribution in [3.8, 4) is 5.75 Å². The van der Waals surface area contributed by atoms with Crippen LogP contribution in [0.1, 0.15) is 12.0 Å². The largest absolute Gasteiger partial charge is 0.508 e. The summed E-state index contributed by atoms with van der Waals surface area (Å²) >= 11 is 0. The number of aromatic nitrogens is 3. The minimum Gasteiger partial charge on any atom is -0.508 e. The van der Waals surface area contributed by atoms with Gasteiger partial charge in [-0.3, -0.25) is 15.6 Å².